The van der Waals surface area contributed by atoms with E-state index in [4.69, 9.17) is 73.1 Å². The molecule has 714 valence electrons. The first-order valence-corrected chi connectivity index (χ1v) is 50.7. The quantitative estimate of drug-likeness (QED) is 0.0196. The number of aromatic nitrogens is 6. The average molecular weight is 2260 g/mol. The normalized spacial score (nSPS) is 14.7. The Labute approximate surface area is 856 Å². The number of nitrogens with zero attached hydrogens (tertiary/aromatic N) is 9. The summed E-state index contributed by atoms with van der Waals surface area (Å²) in [5.41, 5.74) is 38.5. The number of hydrogen-bond acceptors (Lipinski definition) is 24. The van der Waals surface area contributed by atoms with Crippen LogP contribution >= 0.6 is 126 Å². The second kappa shape index (κ2) is 45.6. The van der Waals surface area contributed by atoms with E-state index in [0.29, 0.717) is 120 Å². The van der Waals surface area contributed by atoms with Gasteiger partial charge in [0, 0.05) is 139 Å². The standard InChI is InChI=1S/C27H25ClN6O2S.C27H24ClN5O3S.C8H7Br3.C8H7BrO.C8H9Br.C8H7NO4.C8H9NO2.C8H8O2/c1-13-14(2)37-27-24(13)25(16-4-6-17(28)7-5-16)31-22(26-33-32-15(3)34(26)27)10-23(35)30-21-9-8-20(29)18-11-36-12-19(18)21;1-13-14(2)37-27-24(13)25(16-4-6-17(28)7-5-16)30-21(26-32-31-15(3)33(26)27)10-23(35)29-20-8-9-22(34)19-12-36-11-18(19)20;9-4-6-2-1-3-8(11)7(6)5-10;9-8-3-1-2-6-4-10-5-7(6)8;1-6-4-3-5-8(9)7(6)2;10-8-2-1-7(9(11)12)5-3-13-4-6(5)8;9-7-1-2-8(10)6-4-11-3-5(6)7;9-8-3-1-2-6-4-10-5-7(6)8/h4-9,22H,10-12,29H2,1-3H3,(H,30,35);4-9,21,34H,10-12H2,1-3H3,(H,29,35);1-3H,4-5H2;1-3H,4-5H2;3-5H,1-2H3;1-2,10H,3-4H2;1-2,10H,3-4,9H2;1-3,9H,4-5H2/t22-;21-;;;;;;/m00....../s1. The summed E-state index contributed by atoms with van der Waals surface area (Å²) in [5.74, 6) is 3.26. The zero-order chi connectivity index (χ0) is 98.0. The van der Waals surface area contributed by atoms with Crippen LogP contribution in [0.2, 0.25) is 10.0 Å². The van der Waals surface area contributed by atoms with Gasteiger partial charge >= 0.3 is 0 Å². The number of fused-ring (bicyclic) bond motifs is 12. The largest absolute Gasteiger partial charge is 0.508 e. The summed E-state index contributed by atoms with van der Waals surface area (Å²) >= 11 is 33.0. The van der Waals surface area contributed by atoms with Crippen molar-refractivity contribution in [1.82, 2.24) is 29.5 Å². The van der Waals surface area contributed by atoms with Crippen molar-refractivity contribution < 1.29 is 63.4 Å². The van der Waals surface area contributed by atoms with E-state index in [1.54, 1.807) is 59.1 Å². The molecule has 2 atom stereocenters. The Morgan fingerprint density at radius 2 is 0.833 bits per heavy atom. The Hall–Kier alpha value is -10.9. The molecule has 0 unspecified atom stereocenters. The Balaban J connectivity index is 0.000000130. The molecule has 14 aromatic rings. The first-order valence-electron chi connectivity index (χ1n) is 43.6. The molecule has 2 amide bonds. The maximum Gasteiger partial charge on any atom is 0.275 e. The maximum absolute atomic E-state index is 13.4. The number of aliphatic imine (C=N–C) groups is 2. The van der Waals surface area contributed by atoms with Crippen molar-refractivity contribution in [1.29, 1.82) is 0 Å². The summed E-state index contributed by atoms with van der Waals surface area (Å²) in [6.07, 6.45) is 0.168. The molecule has 12 heterocycles. The molecule has 0 fully saturated rings. The van der Waals surface area contributed by atoms with Gasteiger partial charge in [0.15, 0.2) is 11.6 Å². The van der Waals surface area contributed by atoms with Crippen molar-refractivity contribution >= 4 is 177 Å². The summed E-state index contributed by atoms with van der Waals surface area (Å²) in [6.45, 7) is 22.2. The van der Waals surface area contributed by atoms with E-state index < -0.39 is 17.0 Å². The number of hydrogen-bond donors (Lipinski definition) is 8. The lowest BCUT2D eigenvalue weighted by Crippen LogP contribution is -2.18. The van der Waals surface area contributed by atoms with Gasteiger partial charge in [-0.25, -0.2) is 0 Å². The number of thiophene rings is 2. The van der Waals surface area contributed by atoms with E-state index in [2.05, 4.69) is 183 Å². The van der Waals surface area contributed by atoms with Crippen molar-refractivity contribution in [3.8, 4) is 33.0 Å². The van der Waals surface area contributed by atoms with Crippen molar-refractivity contribution in [3.63, 3.8) is 0 Å². The number of carbonyl (C=O) groups excluding carboxylic acids is 2. The van der Waals surface area contributed by atoms with Crippen LogP contribution in [0.25, 0.3) is 10.0 Å². The summed E-state index contributed by atoms with van der Waals surface area (Å²) in [4.78, 5) is 49.5. The average Bonchev–Trinajstić information content (AvgIpc) is 1.59. The number of anilines is 4. The van der Waals surface area contributed by atoms with Gasteiger partial charge in [-0.2, -0.15) is 0 Å². The Morgan fingerprint density at radius 1 is 0.442 bits per heavy atom. The van der Waals surface area contributed by atoms with Crippen molar-refractivity contribution in [3.05, 3.63) is 359 Å². The second-order valence-electron chi connectivity index (χ2n) is 33.1. The number of carbonyl (C=O) groups is 2. The summed E-state index contributed by atoms with van der Waals surface area (Å²) < 4.78 is 39.2. The van der Waals surface area contributed by atoms with Gasteiger partial charge in [-0.3, -0.25) is 38.8 Å². The summed E-state index contributed by atoms with van der Waals surface area (Å²) in [5, 5.41) is 77.4. The van der Waals surface area contributed by atoms with Crippen molar-refractivity contribution in [2.75, 3.05) is 22.1 Å². The maximum atomic E-state index is 13.4. The van der Waals surface area contributed by atoms with Crippen LogP contribution < -0.4 is 22.1 Å². The fraction of sp³-hybridized carbons (Fsp3) is 0.255. The lowest BCUT2D eigenvalue weighted by Gasteiger charge is -2.15. The lowest BCUT2D eigenvalue weighted by atomic mass is 9.99. The minimum atomic E-state index is -0.562. The van der Waals surface area contributed by atoms with E-state index in [9.17, 15) is 40.1 Å². The molecule has 0 aliphatic carbocycles. The van der Waals surface area contributed by atoms with Crippen LogP contribution in [0.3, 0.4) is 0 Å². The third kappa shape index (κ3) is 22.7. The highest BCUT2D eigenvalue weighted by Gasteiger charge is 2.37. The van der Waals surface area contributed by atoms with Crippen LogP contribution in [0.4, 0.5) is 28.4 Å². The molecule has 138 heavy (non-hydrogen) atoms. The third-order valence-electron chi connectivity index (χ3n) is 24.4. The minimum Gasteiger partial charge on any atom is -0.508 e. The molecule has 8 aliphatic heterocycles. The first kappa shape index (κ1) is 102. The molecular weight excluding hydrogens is 2170 g/mol. The fourth-order valence-corrected chi connectivity index (χ4v) is 22.2. The molecule has 0 bridgehead atoms. The minimum absolute atomic E-state index is 0.0188. The van der Waals surface area contributed by atoms with Gasteiger partial charge in [-0.1, -0.05) is 176 Å². The number of rotatable bonds is 11. The van der Waals surface area contributed by atoms with Crippen molar-refractivity contribution in [2.45, 2.75) is 170 Å². The number of nitro groups is 1. The number of halogens is 7. The molecule has 0 spiro atoms. The molecular formula is C102H96Br5Cl2N13O14S2. The predicted molar refractivity (Wildman–Crippen MR) is 556 cm³/mol. The molecule has 0 radical (unpaired) electrons. The molecule has 8 aliphatic rings. The number of nitro benzene ring substituents is 1. The lowest BCUT2D eigenvalue weighted by molar-refractivity contribution is -0.385. The molecule has 10 aromatic carbocycles. The fourth-order valence-electron chi connectivity index (χ4n) is 16.5. The first-order chi connectivity index (χ1) is 66.4. The predicted octanol–water partition coefficient (Wildman–Crippen LogP) is 24.5. The van der Waals surface area contributed by atoms with Crippen molar-refractivity contribution in [2.24, 2.45) is 9.98 Å². The SMILES string of the molecule is BrCc1cccc(Br)c1CBr.Brc1cccc2c1COC2.Cc1cccc(Br)c1C.Cc1sc2c(c1C)C(c1ccc(Cl)cc1)=N[C@@H](CC(=O)Nc1ccc(N)c3c1COC3)c1nnc(C)n1-2.Cc1sc2c(c1C)C(c1ccc(Cl)cc1)=N[C@@H](CC(=O)Nc1ccc(O)c3c1COC3)c1nnc(C)n1-2.Nc1ccc(O)c2c1COC2.O=[N+]([O-])c1ccc(O)c2c1COC2.Oc1cccc2c1COC2. The highest BCUT2D eigenvalue weighted by atomic mass is 79.9. The molecule has 0 saturated heterocycles. The molecule has 0 saturated carbocycles. The Kier molecular flexibility index (Phi) is 33.5. The van der Waals surface area contributed by atoms with E-state index >= 15 is 0 Å². The Morgan fingerprint density at radius 3 is 1.31 bits per heavy atom. The van der Waals surface area contributed by atoms with E-state index in [1.165, 1.54) is 68.7 Å². The second-order valence-corrected chi connectivity index (χ2v) is 40.1. The van der Waals surface area contributed by atoms with Crippen LogP contribution in [0.15, 0.2) is 193 Å². The summed E-state index contributed by atoms with van der Waals surface area (Å²) in [6, 6.07) is 51.1. The van der Waals surface area contributed by atoms with Gasteiger partial charge in [-0.05, 0) is 196 Å². The number of aromatic hydroxyl groups is 4. The number of alkyl halides is 2. The van der Waals surface area contributed by atoms with E-state index in [0.717, 1.165) is 129 Å². The smallest absolute Gasteiger partial charge is 0.275 e. The van der Waals surface area contributed by atoms with Crippen LogP contribution in [-0.2, 0) is 128 Å². The third-order valence-corrected chi connectivity index (χ3v) is 30.8. The van der Waals surface area contributed by atoms with Crippen LogP contribution in [0, 0.1) is 65.5 Å². The number of benzene rings is 10. The number of nitrogens with one attached hydrogen (secondary N) is 2. The van der Waals surface area contributed by atoms with Gasteiger partial charge in [0.1, 0.15) is 56.7 Å². The highest BCUT2D eigenvalue weighted by Crippen LogP contribution is 2.45. The number of aryl methyl sites for hydroxylation is 5. The number of nitrogen functional groups attached to an aromatic ring is 2. The van der Waals surface area contributed by atoms with Gasteiger partial charge in [-0.15, -0.1) is 43.1 Å². The van der Waals surface area contributed by atoms with E-state index in [1.807, 2.05) is 114 Å². The van der Waals surface area contributed by atoms with Gasteiger partial charge in [0.25, 0.3) is 5.69 Å². The summed E-state index contributed by atoms with van der Waals surface area (Å²) in [7, 11) is 0. The number of amides is 2. The molecule has 27 nitrogen and oxygen atoms in total. The zero-order valence-corrected chi connectivity index (χ0v) is 87.2. The molecule has 22 rings (SSSR count). The molecule has 36 heteroatoms. The highest BCUT2D eigenvalue weighted by molar-refractivity contribution is 9.11. The Bertz CT molecular complexity index is 6690. The number of ether oxygens (including phenoxy) is 6. The van der Waals surface area contributed by atoms with Gasteiger partial charge < -0.3 is 70.9 Å². The molecule has 10 N–H and O–H groups in total. The zero-order valence-electron chi connectivity index (χ0n) is 76.1. The van der Waals surface area contributed by atoms with Crippen LogP contribution in [-0.4, -0.2) is 78.1 Å². The van der Waals surface area contributed by atoms with Crippen LogP contribution in [0.5, 0.6) is 23.0 Å². The number of phenols is 4. The molecule has 4 aromatic heterocycles. The van der Waals surface area contributed by atoms with Gasteiger partial charge in [0.05, 0.1) is 114 Å². The number of nitrogens with two attached hydrogens (primary N) is 2. The van der Waals surface area contributed by atoms with Crippen LogP contribution in [0.1, 0.15) is 180 Å². The monoisotopic (exact) mass is 2260 g/mol. The topological polar surface area (TPSA) is 376 Å². The van der Waals surface area contributed by atoms with Gasteiger partial charge in [0.2, 0.25) is 11.8 Å². The van der Waals surface area contributed by atoms with E-state index in [-0.39, 0.29) is 60.8 Å². The number of phenolic OH excluding ortho intramolecular Hbond substituents is 4.